The maximum Gasteiger partial charge on any atom is 0.0786 e. The van der Waals surface area contributed by atoms with Gasteiger partial charge in [-0.1, -0.05) is 13.3 Å². The summed E-state index contributed by atoms with van der Waals surface area (Å²) in [6, 6.07) is 0. The van der Waals surface area contributed by atoms with Crippen LogP contribution in [-0.4, -0.2) is 30.7 Å². The summed E-state index contributed by atoms with van der Waals surface area (Å²) in [6.07, 6.45) is 2.72. The van der Waals surface area contributed by atoms with Crippen molar-refractivity contribution in [2.45, 2.75) is 40.5 Å². The van der Waals surface area contributed by atoms with Crippen molar-refractivity contribution < 1.29 is 33.4 Å². The van der Waals surface area contributed by atoms with E-state index in [0.29, 0.717) is 0 Å². The van der Waals surface area contributed by atoms with Crippen molar-refractivity contribution in [3.63, 3.8) is 0 Å². The van der Waals surface area contributed by atoms with E-state index in [1.54, 1.807) is 0 Å². The number of nitrogens with zero attached hydrogens (tertiary/aromatic N) is 1. The molecule has 0 aliphatic heterocycles. The standard InChI is InChI=1S/C10H24N.ClHO4/c1-5-9-10-11(6-2,7-3)8-4;2-1(3,4)5/h5-10H2,1-4H3;(H,2,3,4,5)/q+1;/p-1. The SMILES string of the molecule is CCCC[N+](CC)(CC)CC.[O-][Cl+3]([O-])([O-])[O-]. The summed E-state index contributed by atoms with van der Waals surface area (Å²) >= 11 is 0. The Hall–Kier alpha value is 0.0900. The van der Waals surface area contributed by atoms with Crippen LogP contribution in [0.1, 0.15) is 40.5 Å². The van der Waals surface area contributed by atoms with Crippen LogP contribution in [0, 0.1) is 10.2 Å². The lowest BCUT2D eigenvalue weighted by atomic mass is 10.2. The predicted octanol–water partition coefficient (Wildman–Crippen LogP) is -2.09. The zero-order valence-electron chi connectivity index (χ0n) is 10.7. The Morgan fingerprint density at radius 3 is 1.31 bits per heavy atom. The molecule has 0 saturated heterocycles. The molecule has 0 rings (SSSR count). The first-order chi connectivity index (χ1) is 7.24. The van der Waals surface area contributed by atoms with Crippen LogP contribution in [0.3, 0.4) is 0 Å². The molecule has 0 amide bonds. The predicted molar refractivity (Wildman–Crippen MR) is 51.7 cm³/mol. The van der Waals surface area contributed by atoms with Gasteiger partial charge in [-0.25, -0.2) is 18.6 Å². The maximum atomic E-state index is 8.49. The quantitative estimate of drug-likeness (QED) is 0.510. The molecule has 16 heavy (non-hydrogen) atoms. The third kappa shape index (κ3) is 12.2. The first-order valence-corrected chi connectivity index (χ1v) is 6.94. The Morgan fingerprint density at radius 2 is 1.12 bits per heavy atom. The lowest BCUT2D eigenvalue weighted by molar-refractivity contribution is -2.00. The Labute approximate surface area is 101 Å². The minimum Gasteiger partial charge on any atom is -0.324 e. The van der Waals surface area contributed by atoms with Crippen molar-refractivity contribution in [2.24, 2.45) is 0 Å². The number of unbranched alkanes of at least 4 members (excludes halogenated alkanes) is 1. The molecule has 5 nitrogen and oxygen atoms in total. The minimum absolute atomic E-state index is 1.30. The van der Waals surface area contributed by atoms with Crippen LogP contribution in [0.25, 0.3) is 0 Å². The molecule has 100 valence electrons. The van der Waals surface area contributed by atoms with Crippen molar-refractivity contribution in [3.05, 3.63) is 0 Å². The monoisotopic (exact) mass is 257 g/mol. The highest BCUT2D eigenvalue weighted by Crippen LogP contribution is 2.07. The van der Waals surface area contributed by atoms with Gasteiger partial charge in [-0.05, 0) is 27.2 Å². The summed E-state index contributed by atoms with van der Waals surface area (Å²) in [5.74, 6) is 0. The second kappa shape index (κ2) is 9.15. The highest BCUT2D eigenvalue weighted by atomic mass is 35.7. The number of hydrogen-bond acceptors (Lipinski definition) is 4. The van der Waals surface area contributed by atoms with Gasteiger partial charge in [0.05, 0.1) is 26.2 Å². The normalized spacial score (nSPS) is 12.0. The highest BCUT2D eigenvalue weighted by Gasteiger charge is 2.18. The summed E-state index contributed by atoms with van der Waals surface area (Å²) in [5, 5.41) is 0. The van der Waals surface area contributed by atoms with Gasteiger partial charge >= 0.3 is 0 Å². The summed E-state index contributed by atoms with van der Waals surface area (Å²) < 4.78 is 35.3. The van der Waals surface area contributed by atoms with Crippen molar-refractivity contribution in [3.8, 4) is 0 Å². The number of quaternary nitrogens is 1. The number of rotatable bonds is 6. The Balaban J connectivity index is 0. The summed E-state index contributed by atoms with van der Waals surface area (Å²) in [6.45, 7) is 14.5. The van der Waals surface area contributed by atoms with E-state index in [4.69, 9.17) is 18.6 Å². The molecule has 0 bridgehead atoms. The van der Waals surface area contributed by atoms with Crippen LogP contribution < -0.4 is 18.6 Å². The maximum absolute atomic E-state index is 8.49. The van der Waals surface area contributed by atoms with Crippen molar-refractivity contribution in [1.29, 1.82) is 0 Å². The fourth-order valence-electron chi connectivity index (χ4n) is 1.64. The molecule has 0 aromatic carbocycles. The van der Waals surface area contributed by atoms with Crippen molar-refractivity contribution in [2.75, 3.05) is 26.2 Å². The van der Waals surface area contributed by atoms with Gasteiger partial charge in [0.2, 0.25) is 0 Å². The van der Waals surface area contributed by atoms with E-state index >= 15 is 0 Å². The molecule has 0 radical (unpaired) electrons. The molecular formula is C10H24ClNO4. The fourth-order valence-corrected chi connectivity index (χ4v) is 1.64. The smallest absolute Gasteiger partial charge is 0.0786 e. The summed E-state index contributed by atoms with van der Waals surface area (Å²) in [7, 11) is -4.94. The van der Waals surface area contributed by atoms with E-state index in [0.717, 1.165) is 0 Å². The van der Waals surface area contributed by atoms with Crippen LogP contribution in [0.5, 0.6) is 0 Å². The van der Waals surface area contributed by atoms with Crippen LogP contribution in [0.2, 0.25) is 0 Å². The molecule has 0 unspecified atom stereocenters. The lowest BCUT2D eigenvalue weighted by Crippen LogP contribution is -2.68. The molecular weight excluding hydrogens is 234 g/mol. The van der Waals surface area contributed by atoms with E-state index in [2.05, 4.69) is 27.7 Å². The van der Waals surface area contributed by atoms with Crippen molar-refractivity contribution >= 4 is 0 Å². The molecule has 0 aliphatic carbocycles. The van der Waals surface area contributed by atoms with E-state index in [1.165, 1.54) is 43.5 Å². The molecule has 0 atom stereocenters. The molecule has 0 aliphatic rings. The van der Waals surface area contributed by atoms with Gasteiger partial charge in [-0.2, -0.15) is 0 Å². The molecule has 0 saturated carbocycles. The summed E-state index contributed by atoms with van der Waals surface area (Å²) in [4.78, 5) is 0. The second-order valence-corrected chi connectivity index (χ2v) is 4.50. The largest absolute Gasteiger partial charge is 0.324 e. The van der Waals surface area contributed by atoms with E-state index in [1.807, 2.05) is 0 Å². The topological polar surface area (TPSA) is 92.2 Å². The van der Waals surface area contributed by atoms with E-state index in [-0.39, 0.29) is 0 Å². The van der Waals surface area contributed by atoms with Crippen molar-refractivity contribution in [1.82, 2.24) is 0 Å². The van der Waals surface area contributed by atoms with Crippen LogP contribution in [-0.2, 0) is 0 Å². The first-order valence-electron chi connectivity index (χ1n) is 5.71. The lowest BCUT2D eigenvalue weighted by Gasteiger charge is -2.35. The van der Waals surface area contributed by atoms with Gasteiger partial charge in [-0.3, -0.25) is 0 Å². The van der Waals surface area contributed by atoms with Gasteiger partial charge in [0.1, 0.15) is 0 Å². The molecule has 0 fully saturated rings. The summed E-state index contributed by atoms with van der Waals surface area (Å²) in [5.41, 5.74) is 0. The zero-order valence-corrected chi connectivity index (χ0v) is 11.5. The van der Waals surface area contributed by atoms with Gasteiger partial charge in [0.15, 0.2) is 0 Å². The molecule has 0 heterocycles. The zero-order chi connectivity index (χ0) is 13.2. The fraction of sp³-hybridized carbons (Fsp3) is 1.00. The van der Waals surface area contributed by atoms with Gasteiger partial charge < -0.3 is 4.48 Å². The molecule has 0 spiro atoms. The van der Waals surface area contributed by atoms with Crippen LogP contribution >= 0.6 is 0 Å². The third-order valence-electron chi connectivity index (χ3n) is 3.00. The minimum atomic E-state index is -4.94. The van der Waals surface area contributed by atoms with Crippen LogP contribution in [0.4, 0.5) is 0 Å². The molecule has 0 aromatic heterocycles. The van der Waals surface area contributed by atoms with Gasteiger partial charge in [-0.15, -0.1) is 10.2 Å². The highest BCUT2D eigenvalue weighted by molar-refractivity contribution is 4.38. The number of hydrogen-bond donors (Lipinski definition) is 0. The molecule has 0 aromatic rings. The average Bonchev–Trinajstić information content (AvgIpc) is 2.19. The second-order valence-electron chi connectivity index (χ2n) is 3.75. The Kier molecular flexibility index (Phi) is 10.6. The van der Waals surface area contributed by atoms with E-state index in [9.17, 15) is 0 Å². The Bertz CT molecular complexity index is 143. The van der Waals surface area contributed by atoms with E-state index < -0.39 is 10.2 Å². The third-order valence-corrected chi connectivity index (χ3v) is 3.00. The first kappa shape index (κ1) is 18.5. The molecule has 0 N–H and O–H groups in total. The van der Waals surface area contributed by atoms with Gasteiger partial charge in [0, 0.05) is 0 Å². The number of halogens is 1. The average molecular weight is 258 g/mol. The van der Waals surface area contributed by atoms with Crippen LogP contribution in [0.15, 0.2) is 0 Å². The Morgan fingerprint density at radius 1 is 0.812 bits per heavy atom. The molecule has 6 heteroatoms. The van der Waals surface area contributed by atoms with Gasteiger partial charge in [0.25, 0.3) is 0 Å².